The normalized spacial score (nSPS) is 14.2. The van der Waals surface area contributed by atoms with Crippen LogP contribution in [0.2, 0.25) is 0 Å². The number of amides is 2. The Morgan fingerprint density at radius 3 is 1.19 bits per heavy atom. The minimum atomic E-state index is -1.16. The standard InChI is InChI=1S/C16H28N2O6S2/c1-15(2,3)13(23)17-9(11(19)20)7-25-26-8-10(12(21)22)18-14(24)16(4,5)6/h9-10H,7-8H2,1-6H3,(H,17,23)(H,18,24)(H,19,20)(H,21,22)/t9-,10-/m0/s1. The number of carboxylic acids is 2. The average Bonchev–Trinajstić information content (AvgIpc) is 2.45. The topological polar surface area (TPSA) is 133 Å². The number of carbonyl (C=O) groups excluding carboxylic acids is 2. The molecule has 0 saturated carbocycles. The maximum absolute atomic E-state index is 11.9. The summed E-state index contributed by atoms with van der Waals surface area (Å²) >= 11 is 0. The molecule has 10 heteroatoms. The van der Waals surface area contributed by atoms with Crippen molar-refractivity contribution in [3.63, 3.8) is 0 Å². The van der Waals surface area contributed by atoms with E-state index in [9.17, 15) is 29.4 Å². The summed E-state index contributed by atoms with van der Waals surface area (Å²) in [5.74, 6) is -2.94. The van der Waals surface area contributed by atoms with Gasteiger partial charge in [0, 0.05) is 22.3 Å². The average molecular weight is 409 g/mol. The van der Waals surface area contributed by atoms with Crippen molar-refractivity contribution >= 4 is 45.3 Å². The molecule has 2 amide bonds. The highest BCUT2D eigenvalue weighted by Crippen LogP contribution is 2.24. The van der Waals surface area contributed by atoms with Gasteiger partial charge in [-0.3, -0.25) is 9.59 Å². The molecule has 0 bridgehead atoms. The molecule has 0 heterocycles. The first-order valence-corrected chi connectivity index (χ1v) is 10.5. The van der Waals surface area contributed by atoms with E-state index in [1.165, 1.54) is 0 Å². The lowest BCUT2D eigenvalue weighted by molar-refractivity contribution is -0.142. The molecule has 0 rings (SSSR count). The van der Waals surface area contributed by atoms with Crippen LogP contribution in [-0.2, 0) is 19.2 Å². The van der Waals surface area contributed by atoms with Gasteiger partial charge in [-0.25, -0.2) is 9.59 Å². The largest absolute Gasteiger partial charge is 0.480 e. The fourth-order valence-electron chi connectivity index (χ4n) is 1.33. The van der Waals surface area contributed by atoms with Crippen LogP contribution in [0.3, 0.4) is 0 Å². The third kappa shape index (κ3) is 9.33. The molecular formula is C16H28N2O6S2. The molecule has 0 unspecified atom stereocenters. The zero-order valence-corrected chi connectivity index (χ0v) is 17.5. The van der Waals surface area contributed by atoms with E-state index in [4.69, 9.17) is 0 Å². The summed E-state index contributed by atoms with van der Waals surface area (Å²) in [5, 5.41) is 23.3. The number of hydrogen-bond donors (Lipinski definition) is 4. The van der Waals surface area contributed by atoms with Gasteiger partial charge in [0.05, 0.1) is 0 Å². The first kappa shape index (κ1) is 24.6. The van der Waals surface area contributed by atoms with Crippen molar-refractivity contribution in [2.45, 2.75) is 53.6 Å². The van der Waals surface area contributed by atoms with Crippen LogP contribution in [0.15, 0.2) is 0 Å². The van der Waals surface area contributed by atoms with Crippen LogP contribution in [-0.4, -0.2) is 57.6 Å². The van der Waals surface area contributed by atoms with Crippen molar-refractivity contribution in [1.82, 2.24) is 10.6 Å². The number of nitrogens with one attached hydrogen (secondary N) is 2. The van der Waals surface area contributed by atoms with Gasteiger partial charge in [-0.1, -0.05) is 63.1 Å². The Bertz CT molecular complexity index is 492. The van der Waals surface area contributed by atoms with Crippen LogP contribution in [0.5, 0.6) is 0 Å². The second-order valence-corrected chi connectivity index (χ2v) is 10.3. The van der Waals surface area contributed by atoms with Gasteiger partial charge < -0.3 is 20.8 Å². The van der Waals surface area contributed by atoms with Gasteiger partial charge in [0.25, 0.3) is 0 Å². The molecule has 8 nitrogen and oxygen atoms in total. The number of rotatable bonds is 9. The highest BCUT2D eigenvalue weighted by Gasteiger charge is 2.29. The Hall–Kier alpha value is -1.42. The second kappa shape index (κ2) is 10.1. The maximum Gasteiger partial charge on any atom is 0.327 e. The van der Waals surface area contributed by atoms with Gasteiger partial charge in [0.2, 0.25) is 11.8 Å². The van der Waals surface area contributed by atoms with Crippen molar-refractivity contribution in [2.24, 2.45) is 10.8 Å². The summed E-state index contributed by atoms with van der Waals surface area (Å²) < 4.78 is 0. The molecular weight excluding hydrogens is 380 g/mol. The molecule has 0 aromatic heterocycles. The van der Waals surface area contributed by atoms with Crippen LogP contribution >= 0.6 is 21.6 Å². The molecule has 0 fully saturated rings. The predicted octanol–water partition coefficient (Wildman–Crippen LogP) is 1.60. The van der Waals surface area contributed by atoms with Gasteiger partial charge in [0.15, 0.2) is 0 Å². The highest BCUT2D eigenvalue weighted by molar-refractivity contribution is 8.76. The monoisotopic (exact) mass is 408 g/mol. The van der Waals surface area contributed by atoms with Crippen LogP contribution in [0.25, 0.3) is 0 Å². The Morgan fingerprint density at radius 2 is 1.00 bits per heavy atom. The Labute approximate surface area is 161 Å². The highest BCUT2D eigenvalue weighted by atomic mass is 33.1. The molecule has 0 radical (unpaired) electrons. The Balaban J connectivity index is 4.57. The molecule has 0 aromatic carbocycles. The lowest BCUT2D eigenvalue weighted by atomic mass is 9.95. The predicted molar refractivity (Wildman–Crippen MR) is 103 cm³/mol. The van der Waals surface area contributed by atoms with Crippen LogP contribution in [0, 0.1) is 10.8 Å². The number of aliphatic carboxylic acids is 2. The number of carbonyl (C=O) groups is 4. The minimum Gasteiger partial charge on any atom is -0.480 e. The smallest absolute Gasteiger partial charge is 0.327 e. The van der Waals surface area contributed by atoms with Crippen molar-refractivity contribution in [3.8, 4) is 0 Å². The lowest BCUT2D eigenvalue weighted by Gasteiger charge is -2.22. The summed E-state index contributed by atoms with van der Waals surface area (Å²) in [5.41, 5.74) is -1.42. The van der Waals surface area contributed by atoms with E-state index in [0.717, 1.165) is 21.6 Å². The molecule has 0 aliphatic carbocycles. The van der Waals surface area contributed by atoms with E-state index in [-0.39, 0.29) is 23.3 Å². The molecule has 26 heavy (non-hydrogen) atoms. The summed E-state index contributed by atoms with van der Waals surface area (Å²) in [4.78, 5) is 46.3. The van der Waals surface area contributed by atoms with Crippen molar-refractivity contribution in [2.75, 3.05) is 11.5 Å². The summed E-state index contributed by atoms with van der Waals surface area (Å²) in [7, 11) is 2.26. The van der Waals surface area contributed by atoms with Gasteiger partial charge in [-0.2, -0.15) is 0 Å². The zero-order valence-electron chi connectivity index (χ0n) is 15.9. The van der Waals surface area contributed by atoms with E-state index in [1.807, 2.05) is 0 Å². The minimum absolute atomic E-state index is 0.0708. The molecule has 150 valence electrons. The Morgan fingerprint density at radius 1 is 0.731 bits per heavy atom. The number of hydrogen-bond acceptors (Lipinski definition) is 6. The third-order valence-electron chi connectivity index (χ3n) is 3.12. The van der Waals surface area contributed by atoms with Gasteiger partial charge in [-0.15, -0.1) is 0 Å². The van der Waals surface area contributed by atoms with Crippen molar-refractivity contribution in [1.29, 1.82) is 0 Å². The number of carboxylic acid groups (broad SMARTS) is 2. The molecule has 0 saturated heterocycles. The zero-order chi connectivity index (χ0) is 20.7. The fraction of sp³-hybridized carbons (Fsp3) is 0.750. The van der Waals surface area contributed by atoms with Crippen molar-refractivity contribution in [3.05, 3.63) is 0 Å². The van der Waals surface area contributed by atoms with E-state index < -0.39 is 34.9 Å². The molecule has 4 N–H and O–H groups in total. The van der Waals surface area contributed by atoms with Gasteiger partial charge in [-0.05, 0) is 0 Å². The first-order chi connectivity index (χ1) is 11.7. The van der Waals surface area contributed by atoms with Crippen LogP contribution < -0.4 is 10.6 Å². The van der Waals surface area contributed by atoms with E-state index in [1.54, 1.807) is 41.5 Å². The lowest BCUT2D eigenvalue weighted by Crippen LogP contribution is -2.47. The Kier molecular flexibility index (Phi) is 9.50. The molecule has 0 spiro atoms. The summed E-state index contributed by atoms with van der Waals surface area (Å²) in [6, 6.07) is -2.15. The van der Waals surface area contributed by atoms with Gasteiger partial charge >= 0.3 is 11.9 Å². The van der Waals surface area contributed by atoms with E-state index >= 15 is 0 Å². The quantitative estimate of drug-likeness (QED) is 0.334. The first-order valence-electron chi connectivity index (χ1n) is 7.98. The van der Waals surface area contributed by atoms with Crippen LogP contribution in [0.4, 0.5) is 0 Å². The van der Waals surface area contributed by atoms with Crippen molar-refractivity contribution < 1.29 is 29.4 Å². The maximum atomic E-state index is 11.9. The summed E-state index contributed by atoms with van der Waals surface area (Å²) in [6.45, 7) is 10.1. The van der Waals surface area contributed by atoms with Crippen LogP contribution in [0.1, 0.15) is 41.5 Å². The molecule has 0 aliphatic heterocycles. The third-order valence-corrected chi connectivity index (χ3v) is 5.54. The SMILES string of the molecule is CC(C)(C)C(=O)N[C@@H](CSSC[C@H](NC(=O)C(C)(C)C)C(=O)O)C(=O)O. The summed E-state index contributed by atoms with van der Waals surface area (Å²) in [6.07, 6.45) is 0. The van der Waals surface area contributed by atoms with E-state index in [2.05, 4.69) is 10.6 Å². The second-order valence-electron chi connectivity index (χ2n) is 7.80. The van der Waals surface area contributed by atoms with Gasteiger partial charge in [0.1, 0.15) is 12.1 Å². The fourth-order valence-corrected chi connectivity index (χ4v) is 3.64. The van der Waals surface area contributed by atoms with E-state index in [0.29, 0.717) is 0 Å². The molecule has 0 aliphatic rings. The molecule has 0 aromatic rings. The molecule has 2 atom stereocenters.